The molecule has 3 rings (SSSR count). The lowest BCUT2D eigenvalue weighted by molar-refractivity contribution is -0.121. The monoisotopic (exact) mass is 317 g/mol. The number of fused-ring (bicyclic) bond motifs is 1. The summed E-state index contributed by atoms with van der Waals surface area (Å²) in [5, 5.41) is 6.05. The zero-order valence-corrected chi connectivity index (χ0v) is 13.2. The fourth-order valence-corrected chi connectivity index (χ4v) is 2.64. The molecule has 1 aliphatic heterocycles. The third-order valence-electron chi connectivity index (χ3n) is 4.10. The van der Waals surface area contributed by atoms with Crippen LogP contribution in [0.25, 0.3) is 0 Å². The Labute approximate surface area is 136 Å². The number of rotatable bonds is 8. The van der Waals surface area contributed by atoms with Crippen molar-refractivity contribution < 1.29 is 14.3 Å². The molecule has 6 nitrogen and oxygen atoms in total. The molecule has 1 saturated carbocycles. The fourth-order valence-electron chi connectivity index (χ4n) is 2.64. The molecule has 1 heterocycles. The molecule has 2 amide bonds. The van der Waals surface area contributed by atoms with Gasteiger partial charge in [0.2, 0.25) is 5.91 Å². The summed E-state index contributed by atoms with van der Waals surface area (Å²) in [4.78, 5) is 25.4. The molecule has 1 aromatic carbocycles. The Kier molecular flexibility index (Phi) is 5.12. The topological polar surface area (TPSA) is 70.7 Å². The Hall–Kier alpha value is -2.08. The highest BCUT2D eigenvalue weighted by atomic mass is 16.5. The minimum Gasteiger partial charge on any atom is -0.482 e. The molecular weight excluding hydrogens is 294 g/mol. The maximum atomic E-state index is 12.0. The highest BCUT2D eigenvalue weighted by Crippen LogP contribution is 2.31. The van der Waals surface area contributed by atoms with E-state index in [-0.39, 0.29) is 18.4 Å². The number of anilines is 1. The van der Waals surface area contributed by atoms with Gasteiger partial charge < -0.3 is 20.3 Å². The van der Waals surface area contributed by atoms with Crippen LogP contribution in [0.2, 0.25) is 0 Å². The Morgan fingerprint density at radius 3 is 2.96 bits per heavy atom. The first-order chi connectivity index (χ1) is 11.2. The van der Waals surface area contributed by atoms with Crippen molar-refractivity contribution in [3.63, 3.8) is 0 Å². The molecule has 0 radical (unpaired) electrons. The Morgan fingerprint density at radius 1 is 1.30 bits per heavy atom. The second-order valence-electron chi connectivity index (χ2n) is 6.08. The minimum absolute atomic E-state index is 0.0133. The Bertz CT molecular complexity index is 572. The van der Waals surface area contributed by atoms with E-state index >= 15 is 0 Å². The first kappa shape index (κ1) is 15.8. The first-order valence-corrected chi connectivity index (χ1v) is 8.23. The van der Waals surface area contributed by atoms with Gasteiger partial charge in [-0.3, -0.25) is 9.59 Å². The molecule has 1 fully saturated rings. The first-order valence-electron chi connectivity index (χ1n) is 8.23. The molecule has 0 spiro atoms. The van der Waals surface area contributed by atoms with E-state index < -0.39 is 0 Å². The SMILES string of the molecule is O=C(CNCC1CC1)NCCCN1C(=O)COc2ccccc21. The predicted molar refractivity (Wildman–Crippen MR) is 87.5 cm³/mol. The van der Waals surface area contributed by atoms with Crippen molar-refractivity contribution in [2.45, 2.75) is 19.3 Å². The van der Waals surface area contributed by atoms with Crippen LogP contribution >= 0.6 is 0 Å². The van der Waals surface area contributed by atoms with E-state index in [9.17, 15) is 9.59 Å². The van der Waals surface area contributed by atoms with E-state index in [1.165, 1.54) is 12.8 Å². The normalized spacial score (nSPS) is 16.7. The van der Waals surface area contributed by atoms with Gasteiger partial charge in [-0.2, -0.15) is 0 Å². The van der Waals surface area contributed by atoms with Gasteiger partial charge in [-0.05, 0) is 43.9 Å². The Morgan fingerprint density at radius 2 is 2.13 bits per heavy atom. The summed E-state index contributed by atoms with van der Waals surface area (Å²) < 4.78 is 5.41. The van der Waals surface area contributed by atoms with E-state index in [0.29, 0.717) is 26.1 Å². The van der Waals surface area contributed by atoms with E-state index in [0.717, 1.165) is 23.9 Å². The standard InChI is InChI=1S/C17H23N3O3/c21-16(11-18-10-13-6-7-13)19-8-3-9-20-14-4-1-2-5-15(14)23-12-17(20)22/h1-2,4-5,13,18H,3,6-12H2,(H,19,21). The van der Waals surface area contributed by atoms with Crippen molar-refractivity contribution in [2.24, 2.45) is 5.92 Å². The van der Waals surface area contributed by atoms with Gasteiger partial charge in [0.05, 0.1) is 12.2 Å². The highest BCUT2D eigenvalue weighted by molar-refractivity contribution is 5.97. The van der Waals surface area contributed by atoms with Crippen molar-refractivity contribution in [1.29, 1.82) is 0 Å². The summed E-state index contributed by atoms with van der Waals surface area (Å²) in [6.45, 7) is 2.53. The zero-order valence-electron chi connectivity index (χ0n) is 13.2. The number of para-hydroxylation sites is 2. The summed E-state index contributed by atoms with van der Waals surface area (Å²) in [7, 11) is 0. The summed E-state index contributed by atoms with van der Waals surface area (Å²) in [5.74, 6) is 1.48. The number of benzene rings is 1. The molecule has 0 aromatic heterocycles. The van der Waals surface area contributed by atoms with Crippen LogP contribution in [0.1, 0.15) is 19.3 Å². The molecule has 23 heavy (non-hydrogen) atoms. The van der Waals surface area contributed by atoms with E-state index in [1.54, 1.807) is 4.90 Å². The molecule has 0 bridgehead atoms. The lowest BCUT2D eigenvalue weighted by atomic mass is 10.2. The highest BCUT2D eigenvalue weighted by Gasteiger charge is 2.24. The number of nitrogens with zero attached hydrogens (tertiary/aromatic N) is 1. The molecule has 2 aliphatic rings. The number of hydrogen-bond donors (Lipinski definition) is 2. The number of nitrogens with one attached hydrogen (secondary N) is 2. The smallest absolute Gasteiger partial charge is 0.265 e. The molecular formula is C17H23N3O3. The van der Waals surface area contributed by atoms with Crippen LogP contribution in [-0.2, 0) is 9.59 Å². The molecule has 1 aliphatic carbocycles. The van der Waals surface area contributed by atoms with Gasteiger partial charge >= 0.3 is 0 Å². The van der Waals surface area contributed by atoms with Gasteiger partial charge in [0.1, 0.15) is 5.75 Å². The van der Waals surface area contributed by atoms with Crippen molar-refractivity contribution in [1.82, 2.24) is 10.6 Å². The predicted octanol–water partition coefficient (Wildman–Crippen LogP) is 0.918. The molecule has 0 unspecified atom stereocenters. The van der Waals surface area contributed by atoms with Crippen LogP contribution in [0.3, 0.4) is 0 Å². The van der Waals surface area contributed by atoms with Crippen LogP contribution < -0.4 is 20.3 Å². The lowest BCUT2D eigenvalue weighted by Gasteiger charge is -2.29. The number of ether oxygens (including phenoxy) is 1. The van der Waals surface area contributed by atoms with Crippen LogP contribution in [-0.4, -0.2) is 44.6 Å². The minimum atomic E-state index is -0.0406. The van der Waals surface area contributed by atoms with Crippen LogP contribution in [0, 0.1) is 5.92 Å². The molecule has 6 heteroatoms. The average Bonchev–Trinajstić information content (AvgIpc) is 3.37. The van der Waals surface area contributed by atoms with E-state index in [1.807, 2.05) is 24.3 Å². The molecule has 0 atom stereocenters. The third kappa shape index (κ3) is 4.45. The van der Waals surface area contributed by atoms with Gasteiger partial charge in [-0.15, -0.1) is 0 Å². The Balaban J connectivity index is 1.38. The van der Waals surface area contributed by atoms with Gasteiger partial charge in [0.25, 0.3) is 5.91 Å². The van der Waals surface area contributed by atoms with Crippen molar-refractivity contribution in [3.8, 4) is 5.75 Å². The largest absolute Gasteiger partial charge is 0.482 e. The summed E-state index contributed by atoms with van der Waals surface area (Å²) in [5.41, 5.74) is 0.807. The quantitative estimate of drug-likeness (QED) is 0.700. The summed E-state index contributed by atoms with van der Waals surface area (Å²) >= 11 is 0. The second kappa shape index (κ2) is 7.46. The van der Waals surface area contributed by atoms with Crippen molar-refractivity contribution in [3.05, 3.63) is 24.3 Å². The fraction of sp³-hybridized carbons (Fsp3) is 0.529. The van der Waals surface area contributed by atoms with Crippen molar-refractivity contribution >= 4 is 17.5 Å². The average molecular weight is 317 g/mol. The number of carbonyl (C=O) groups is 2. The van der Waals surface area contributed by atoms with Gasteiger partial charge in [0, 0.05) is 13.1 Å². The zero-order chi connectivity index (χ0) is 16.1. The van der Waals surface area contributed by atoms with E-state index in [2.05, 4.69) is 10.6 Å². The van der Waals surface area contributed by atoms with Gasteiger partial charge in [0.15, 0.2) is 6.61 Å². The second-order valence-corrected chi connectivity index (χ2v) is 6.08. The molecule has 2 N–H and O–H groups in total. The molecule has 1 aromatic rings. The molecule has 124 valence electrons. The number of hydrogen-bond acceptors (Lipinski definition) is 4. The van der Waals surface area contributed by atoms with Crippen LogP contribution in [0.4, 0.5) is 5.69 Å². The molecule has 0 saturated heterocycles. The number of amides is 2. The summed E-state index contributed by atoms with van der Waals surface area (Å²) in [6, 6.07) is 7.53. The van der Waals surface area contributed by atoms with E-state index in [4.69, 9.17) is 4.74 Å². The van der Waals surface area contributed by atoms with Crippen molar-refractivity contribution in [2.75, 3.05) is 37.7 Å². The van der Waals surface area contributed by atoms with Gasteiger partial charge in [-0.1, -0.05) is 12.1 Å². The third-order valence-corrected chi connectivity index (χ3v) is 4.10. The van der Waals surface area contributed by atoms with Crippen LogP contribution in [0.15, 0.2) is 24.3 Å². The van der Waals surface area contributed by atoms with Crippen LogP contribution in [0.5, 0.6) is 5.75 Å². The maximum Gasteiger partial charge on any atom is 0.265 e. The maximum absolute atomic E-state index is 12.0. The number of carbonyl (C=O) groups excluding carboxylic acids is 2. The van der Waals surface area contributed by atoms with Gasteiger partial charge in [-0.25, -0.2) is 0 Å². The summed E-state index contributed by atoms with van der Waals surface area (Å²) in [6.07, 6.45) is 3.28. The lowest BCUT2D eigenvalue weighted by Crippen LogP contribution is -2.41.